The topological polar surface area (TPSA) is 83.6 Å². The molecule has 2 N–H and O–H groups in total. The highest BCUT2D eigenvalue weighted by atomic mass is 79.9. The van der Waals surface area contributed by atoms with E-state index < -0.39 is 0 Å². The normalized spacial score (nSPS) is 12.1. The van der Waals surface area contributed by atoms with E-state index in [1.165, 1.54) is 0 Å². The molecule has 0 aliphatic carbocycles. The lowest BCUT2D eigenvalue weighted by atomic mass is 10.0. The molecule has 0 radical (unpaired) electrons. The summed E-state index contributed by atoms with van der Waals surface area (Å²) in [6.07, 6.45) is 0.783. The Labute approximate surface area is 112 Å². The van der Waals surface area contributed by atoms with Gasteiger partial charge >= 0.3 is 0 Å². The molecule has 2 rings (SSSR count). The molecule has 94 valence electrons. The van der Waals surface area contributed by atoms with Gasteiger partial charge in [0.25, 0.3) is 11.7 Å². The predicted molar refractivity (Wildman–Crippen MR) is 68.8 cm³/mol. The first-order valence-electron chi connectivity index (χ1n) is 5.50. The van der Waals surface area contributed by atoms with Gasteiger partial charge in [0.05, 0.1) is 6.04 Å². The van der Waals surface area contributed by atoms with Crippen LogP contribution in [0.25, 0.3) is 0 Å². The minimum atomic E-state index is -0.335. The highest BCUT2D eigenvalue weighted by Crippen LogP contribution is 2.19. The van der Waals surface area contributed by atoms with Gasteiger partial charge in [0.2, 0.25) is 0 Å². The molecule has 0 saturated carbocycles. The zero-order valence-corrected chi connectivity index (χ0v) is 11.3. The van der Waals surface area contributed by atoms with Crippen molar-refractivity contribution in [3.63, 3.8) is 0 Å². The van der Waals surface area contributed by atoms with Crippen LogP contribution in [-0.2, 0) is 0 Å². The maximum atomic E-state index is 11.8. The predicted octanol–water partition coefficient (Wildman–Crippen LogP) is 1.84. The summed E-state index contributed by atoms with van der Waals surface area (Å²) in [6, 6.07) is 7.75. The highest BCUT2D eigenvalue weighted by molar-refractivity contribution is 9.10. The molecule has 1 aromatic heterocycles. The van der Waals surface area contributed by atoms with E-state index in [9.17, 15) is 4.79 Å². The van der Waals surface area contributed by atoms with Crippen LogP contribution in [0.2, 0.25) is 0 Å². The van der Waals surface area contributed by atoms with E-state index in [-0.39, 0.29) is 17.8 Å². The Balaban J connectivity index is 2.10. The number of tetrazole rings is 1. The molecule has 0 aliphatic rings. The van der Waals surface area contributed by atoms with Gasteiger partial charge in [-0.05, 0) is 29.3 Å². The summed E-state index contributed by atoms with van der Waals surface area (Å²) in [4.78, 5) is 11.8. The van der Waals surface area contributed by atoms with Gasteiger partial charge in [0.1, 0.15) is 0 Å². The Bertz CT molecular complexity index is 511. The molecule has 1 aromatic carbocycles. The van der Waals surface area contributed by atoms with Gasteiger partial charge in [-0.25, -0.2) is 0 Å². The molecule has 1 amide bonds. The third-order valence-electron chi connectivity index (χ3n) is 2.53. The zero-order valence-electron chi connectivity index (χ0n) is 9.72. The molecule has 0 aliphatic heterocycles. The number of nitrogens with zero attached hydrogens (tertiary/aromatic N) is 3. The van der Waals surface area contributed by atoms with Crippen molar-refractivity contribution in [2.75, 3.05) is 0 Å². The second-order valence-corrected chi connectivity index (χ2v) is 4.64. The SMILES string of the molecule is CCC(NC(=O)c1nn[nH]n1)c1ccc(Br)cc1. The molecule has 1 heterocycles. The van der Waals surface area contributed by atoms with Crippen LogP contribution in [0.1, 0.15) is 35.6 Å². The number of hydrogen-bond acceptors (Lipinski definition) is 4. The smallest absolute Gasteiger partial charge is 0.293 e. The van der Waals surface area contributed by atoms with Gasteiger partial charge in [-0.3, -0.25) is 4.79 Å². The van der Waals surface area contributed by atoms with Crippen LogP contribution >= 0.6 is 15.9 Å². The molecule has 6 nitrogen and oxygen atoms in total. The van der Waals surface area contributed by atoms with E-state index in [0.717, 1.165) is 16.5 Å². The fourth-order valence-corrected chi connectivity index (χ4v) is 1.86. The maximum absolute atomic E-state index is 11.8. The van der Waals surface area contributed by atoms with Crippen molar-refractivity contribution in [2.24, 2.45) is 0 Å². The summed E-state index contributed by atoms with van der Waals surface area (Å²) in [7, 11) is 0. The number of benzene rings is 1. The van der Waals surface area contributed by atoms with Crippen molar-refractivity contribution in [3.05, 3.63) is 40.1 Å². The number of aromatic amines is 1. The summed E-state index contributed by atoms with van der Waals surface area (Å²) < 4.78 is 1.01. The number of hydrogen-bond donors (Lipinski definition) is 2. The lowest BCUT2D eigenvalue weighted by molar-refractivity contribution is 0.0925. The molecule has 0 bridgehead atoms. The van der Waals surface area contributed by atoms with Gasteiger partial charge < -0.3 is 5.32 Å². The van der Waals surface area contributed by atoms with Crippen molar-refractivity contribution in [2.45, 2.75) is 19.4 Å². The summed E-state index contributed by atoms with van der Waals surface area (Å²) in [6.45, 7) is 2.00. The highest BCUT2D eigenvalue weighted by Gasteiger charge is 2.16. The van der Waals surface area contributed by atoms with Crippen LogP contribution < -0.4 is 5.32 Å². The monoisotopic (exact) mass is 309 g/mol. The number of aromatic nitrogens is 4. The van der Waals surface area contributed by atoms with Crippen LogP contribution in [0, 0.1) is 0 Å². The minimum Gasteiger partial charge on any atom is -0.342 e. The Hall–Kier alpha value is -1.76. The number of carbonyl (C=O) groups excluding carboxylic acids is 1. The van der Waals surface area contributed by atoms with Gasteiger partial charge in [-0.1, -0.05) is 35.0 Å². The van der Waals surface area contributed by atoms with Crippen molar-refractivity contribution >= 4 is 21.8 Å². The second-order valence-electron chi connectivity index (χ2n) is 3.72. The van der Waals surface area contributed by atoms with E-state index in [4.69, 9.17) is 0 Å². The van der Waals surface area contributed by atoms with E-state index in [2.05, 4.69) is 41.9 Å². The lowest BCUT2D eigenvalue weighted by Gasteiger charge is -2.16. The molecular formula is C11H12BrN5O. The summed E-state index contributed by atoms with van der Waals surface area (Å²) in [5.41, 5.74) is 1.04. The van der Waals surface area contributed by atoms with Gasteiger partial charge in [-0.2, -0.15) is 5.21 Å². The van der Waals surface area contributed by atoms with Crippen molar-refractivity contribution in [1.82, 2.24) is 25.9 Å². The van der Waals surface area contributed by atoms with E-state index >= 15 is 0 Å². The number of nitrogens with one attached hydrogen (secondary N) is 2. The van der Waals surface area contributed by atoms with Gasteiger partial charge in [0, 0.05) is 4.47 Å². The first kappa shape index (κ1) is 12.7. The average Bonchev–Trinajstić information content (AvgIpc) is 2.91. The number of amides is 1. The molecule has 0 spiro atoms. The summed E-state index contributed by atoms with van der Waals surface area (Å²) >= 11 is 3.38. The van der Waals surface area contributed by atoms with Crippen molar-refractivity contribution in [3.8, 4) is 0 Å². The average molecular weight is 310 g/mol. The van der Waals surface area contributed by atoms with Crippen LogP contribution in [0.4, 0.5) is 0 Å². The van der Waals surface area contributed by atoms with Crippen LogP contribution in [0.5, 0.6) is 0 Å². The number of carbonyl (C=O) groups is 1. The zero-order chi connectivity index (χ0) is 13.0. The van der Waals surface area contributed by atoms with Crippen molar-refractivity contribution in [1.29, 1.82) is 0 Å². The third-order valence-corrected chi connectivity index (χ3v) is 3.06. The molecular weight excluding hydrogens is 298 g/mol. The molecule has 7 heteroatoms. The van der Waals surface area contributed by atoms with Crippen molar-refractivity contribution < 1.29 is 4.79 Å². The Kier molecular flexibility index (Phi) is 4.03. The lowest BCUT2D eigenvalue weighted by Crippen LogP contribution is -2.29. The molecule has 1 unspecified atom stereocenters. The fraction of sp³-hybridized carbons (Fsp3) is 0.273. The Morgan fingerprint density at radius 3 is 2.72 bits per heavy atom. The molecule has 2 aromatic rings. The molecule has 0 saturated heterocycles. The fourth-order valence-electron chi connectivity index (χ4n) is 1.60. The largest absolute Gasteiger partial charge is 0.342 e. The molecule has 18 heavy (non-hydrogen) atoms. The first-order chi connectivity index (χ1) is 8.70. The second kappa shape index (κ2) is 5.72. The number of halogens is 1. The van der Waals surface area contributed by atoms with Crippen LogP contribution in [0.15, 0.2) is 28.7 Å². The molecule has 0 fully saturated rings. The van der Waals surface area contributed by atoms with Gasteiger partial charge in [-0.15, -0.1) is 10.2 Å². The van der Waals surface area contributed by atoms with Crippen LogP contribution in [0.3, 0.4) is 0 Å². The van der Waals surface area contributed by atoms with E-state index in [1.807, 2.05) is 31.2 Å². The standard InChI is InChI=1S/C11H12BrN5O/c1-2-9(7-3-5-8(12)6-4-7)13-11(18)10-14-16-17-15-10/h3-6,9H,2H2,1H3,(H,13,18)(H,14,15,16,17). The van der Waals surface area contributed by atoms with Gasteiger partial charge in [0.15, 0.2) is 0 Å². The number of H-pyrrole nitrogens is 1. The summed E-state index contributed by atoms with van der Waals surface area (Å²) in [5, 5.41) is 15.8. The quantitative estimate of drug-likeness (QED) is 0.902. The Morgan fingerprint density at radius 2 is 2.17 bits per heavy atom. The maximum Gasteiger partial charge on any atom is 0.293 e. The number of rotatable bonds is 4. The minimum absolute atomic E-state index is 0.0468. The summed E-state index contributed by atoms with van der Waals surface area (Å²) in [5.74, 6) is -0.288. The van der Waals surface area contributed by atoms with E-state index in [1.54, 1.807) is 0 Å². The van der Waals surface area contributed by atoms with E-state index in [0.29, 0.717) is 0 Å². The third kappa shape index (κ3) is 2.92. The first-order valence-corrected chi connectivity index (χ1v) is 6.29. The Morgan fingerprint density at radius 1 is 1.44 bits per heavy atom. The molecule has 1 atom stereocenters. The van der Waals surface area contributed by atoms with Crippen LogP contribution in [-0.4, -0.2) is 26.5 Å².